The predicted molar refractivity (Wildman–Crippen MR) is 79.4 cm³/mol. The Morgan fingerprint density at radius 1 is 1.32 bits per heavy atom. The molecular weight excluding hydrogens is 335 g/mol. The second kappa shape index (κ2) is 7.21. The molecule has 1 aromatic rings. The molecule has 0 heterocycles. The van der Waals surface area contributed by atoms with Crippen molar-refractivity contribution in [2.45, 2.75) is 19.8 Å². The molecule has 0 bridgehead atoms. The molecule has 19 heavy (non-hydrogen) atoms. The van der Waals surface area contributed by atoms with Gasteiger partial charge in [-0.3, -0.25) is 4.72 Å². The lowest BCUT2D eigenvalue weighted by Crippen LogP contribution is -2.18. The van der Waals surface area contributed by atoms with Gasteiger partial charge in [-0.15, -0.1) is 0 Å². The molecule has 0 aliphatic rings. The monoisotopic (exact) mass is 352 g/mol. The van der Waals surface area contributed by atoms with Crippen LogP contribution >= 0.6 is 15.9 Å². The molecule has 0 aromatic heterocycles. The zero-order chi connectivity index (χ0) is 14.5. The van der Waals surface area contributed by atoms with E-state index < -0.39 is 15.8 Å². The van der Waals surface area contributed by atoms with Crippen molar-refractivity contribution in [3.63, 3.8) is 0 Å². The predicted octanol–water partition coefficient (Wildman–Crippen LogP) is 2.64. The maximum atomic E-state index is 13.4. The van der Waals surface area contributed by atoms with Gasteiger partial charge in [-0.25, -0.2) is 12.8 Å². The molecular formula is C12H18BrFN2O2S. The standard InChI is InChI=1S/C12H18BrFN2O2S/c1-9-7-10(13)11(14)8-12(9)16-19(17,18)6-4-3-5-15-2/h7-8,15-16H,3-6H2,1-2H3. The highest BCUT2D eigenvalue weighted by atomic mass is 79.9. The van der Waals surface area contributed by atoms with E-state index in [-0.39, 0.29) is 11.4 Å². The number of unbranched alkanes of at least 4 members (excludes halogenated alkanes) is 1. The second-order valence-electron chi connectivity index (χ2n) is 4.31. The molecule has 0 unspecified atom stereocenters. The molecule has 0 spiro atoms. The van der Waals surface area contributed by atoms with Crippen molar-refractivity contribution < 1.29 is 12.8 Å². The lowest BCUT2D eigenvalue weighted by Gasteiger charge is -2.11. The van der Waals surface area contributed by atoms with Gasteiger partial charge in [0, 0.05) is 0 Å². The Morgan fingerprint density at radius 3 is 2.63 bits per heavy atom. The van der Waals surface area contributed by atoms with Gasteiger partial charge in [-0.2, -0.15) is 0 Å². The SMILES string of the molecule is CNCCCCS(=O)(=O)Nc1cc(F)c(Br)cc1C. The molecule has 1 rings (SSSR count). The summed E-state index contributed by atoms with van der Waals surface area (Å²) >= 11 is 3.06. The number of aryl methyl sites for hydroxylation is 1. The largest absolute Gasteiger partial charge is 0.320 e. The molecule has 7 heteroatoms. The Balaban J connectivity index is 2.70. The quantitative estimate of drug-likeness (QED) is 0.741. The Labute approximate surface area is 122 Å². The number of hydrogen-bond donors (Lipinski definition) is 2. The first-order valence-electron chi connectivity index (χ1n) is 5.96. The fourth-order valence-electron chi connectivity index (χ4n) is 1.57. The van der Waals surface area contributed by atoms with E-state index in [0.29, 0.717) is 16.5 Å². The molecule has 0 saturated heterocycles. The van der Waals surface area contributed by atoms with Crippen molar-refractivity contribution in [2.75, 3.05) is 24.1 Å². The second-order valence-corrected chi connectivity index (χ2v) is 7.01. The summed E-state index contributed by atoms with van der Waals surface area (Å²) in [5, 5.41) is 2.96. The fraction of sp³-hybridized carbons (Fsp3) is 0.500. The van der Waals surface area contributed by atoms with E-state index in [4.69, 9.17) is 0 Å². The van der Waals surface area contributed by atoms with Gasteiger partial charge in [0.25, 0.3) is 0 Å². The zero-order valence-electron chi connectivity index (χ0n) is 11.0. The van der Waals surface area contributed by atoms with Crippen LogP contribution in [0.1, 0.15) is 18.4 Å². The highest BCUT2D eigenvalue weighted by Gasteiger charge is 2.13. The highest BCUT2D eigenvalue weighted by molar-refractivity contribution is 9.10. The summed E-state index contributed by atoms with van der Waals surface area (Å²) in [5.74, 6) is -0.454. The first-order valence-corrected chi connectivity index (χ1v) is 8.41. The average Bonchev–Trinajstić information content (AvgIpc) is 2.31. The van der Waals surface area contributed by atoms with Gasteiger partial charge in [0.1, 0.15) is 5.82 Å². The van der Waals surface area contributed by atoms with E-state index in [1.54, 1.807) is 13.0 Å². The highest BCUT2D eigenvalue weighted by Crippen LogP contribution is 2.24. The summed E-state index contributed by atoms with van der Waals surface area (Å²) in [7, 11) is -1.61. The van der Waals surface area contributed by atoms with E-state index in [9.17, 15) is 12.8 Å². The van der Waals surface area contributed by atoms with Crippen LogP contribution in [-0.4, -0.2) is 27.8 Å². The van der Waals surface area contributed by atoms with Gasteiger partial charge in [-0.05, 0) is 67.0 Å². The average molecular weight is 353 g/mol. The van der Waals surface area contributed by atoms with Gasteiger partial charge in [-0.1, -0.05) is 0 Å². The van der Waals surface area contributed by atoms with Crippen molar-refractivity contribution in [1.29, 1.82) is 0 Å². The molecule has 1 aromatic carbocycles. The van der Waals surface area contributed by atoms with E-state index in [0.717, 1.165) is 13.0 Å². The first kappa shape index (κ1) is 16.4. The minimum atomic E-state index is -3.43. The van der Waals surface area contributed by atoms with Crippen LogP contribution in [0.25, 0.3) is 0 Å². The zero-order valence-corrected chi connectivity index (χ0v) is 13.4. The van der Waals surface area contributed by atoms with Crippen LogP contribution in [0.3, 0.4) is 0 Å². The number of rotatable bonds is 7. The first-order chi connectivity index (χ1) is 8.85. The number of sulfonamides is 1. The molecule has 2 N–H and O–H groups in total. The summed E-state index contributed by atoms with van der Waals surface area (Å²) in [6.07, 6.45) is 1.35. The molecule has 0 radical (unpaired) electrons. The maximum Gasteiger partial charge on any atom is 0.232 e. The van der Waals surface area contributed by atoms with Crippen molar-refractivity contribution in [3.05, 3.63) is 28.0 Å². The lowest BCUT2D eigenvalue weighted by molar-refractivity contribution is 0.595. The van der Waals surface area contributed by atoms with Crippen LogP contribution in [0.15, 0.2) is 16.6 Å². The van der Waals surface area contributed by atoms with Crippen LogP contribution in [0.5, 0.6) is 0 Å². The van der Waals surface area contributed by atoms with Crippen molar-refractivity contribution >= 4 is 31.6 Å². The third-order valence-electron chi connectivity index (χ3n) is 2.62. The third-order valence-corrected chi connectivity index (χ3v) is 4.59. The van der Waals surface area contributed by atoms with Gasteiger partial charge < -0.3 is 5.32 Å². The van der Waals surface area contributed by atoms with Crippen molar-refractivity contribution in [1.82, 2.24) is 5.32 Å². The number of halogens is 2. The van der Waals surface area contributed by atoms with Crippen LogP contribution in [-0.2, 0) is 10.0 Å². The topological polar surface area (TPSA) is 58.2 Å². The van der Waals surface area contributed by atoms with E-state index in [1.807, 2.05) is 7.05 Å². The van der Waals surface area contributed by atoms with E-state index in [2.05, 4.69) is 26.0 Å². The molecule has 0 saturated carbocycles. The maximum absolute atomic E-state index is 13.4. The summed E-state index contributed by atoms with van der Waals surface area (Å²) in [6.45, 7) is 2.50. The van der Waals surface area contributed by atoms with Crippen molar-refractivity contribution in [3.8, 4) is 0 Å². The van der Waals surface area contributed by atoms with E-state index >= 15 is 0 Å². The fourth-order valence-corrected chi connectivity index (χ4v) is 3.27. The summed E-state index contributed by atoms with van der Waals surface area (Å²) < 4.78 is 39.8. The van der Waals surface area contributed by atoms with Crippen LogP contribution in [0.4, 0.5) is 10.1 Å². The molecule has 108 valence electrons. The molecule has 0 amide bonds. The third kappa shape index (κ3) is 5.46. The van der Waals surface area contributed by atoms with Crippen LogP contribution in [0.2, 0.25) is 0 Å². The van der Waals surface area contributed by atoms with Gasteiger partial charge in [0.2, 0.25) is 10.0 Å². The molecule has 0 aliphatic carbocycles. The van der Waals surface area contributed by atoms with Crippen LogP contribution < -0.4 is 10.0 Å². The van der Waals surface area contributed by atoms with Crippen molar-refractivity contribution in [2.24, 2.45) is 0 Å². The summed E-state index contributed by atoms with van der Waals surface area (Å²) in [4.78, 5) is 0. The molecule has 0 fully saturated rings. The lowest BCUT2D eigenvalue weighted by atomic mass is 10.2. The Kier molecular flexibility index (Phi) is 6.22. The number of hydrogen-bond acceptors (Lipinski definition) is 3. The molecule has 4 nitrogen and oxygen atoms in total. The van der Waals surface area contributed by atoms with Crippen LogP contribution in [0, 0.1) is 12.7 Å². The number of anilines is 1. The minimum absolute atomic E-state index is 0.0335. The Morgan fingerprint density at radius 2 is 2.00 bits per heavy atom. The van der Waals surface area contributed by atoms with Gasteiger partial charge >= 0.3 is 0 Å². The number of nitrogens with one attached hydrogen (secondary N) is 2. The number of benzene rings is 1. The summed E-state index contributed by atoms with van der Waals surface area (Å²) in [5.41, 5.74) is 0.960. The molecule has 0 aliphatic heterocycles. The normalized spacial score (nSPS) is 11.6. The Bertz CT molecular complexity index is 535. The van der Waals surface area contributed by atoms with Gasteiger partial charge in [0.15, 0.2) is 0 Å². The summed E-state index contributed by atoms with van der Waals surface area (Å²) in [6, 6.07) is 2.73. The van der Waals surface area contributed by atoms with E-state index in [1.165, 1.54) is 6.07 Å². The van der Waals surface area contributed by atoms with Gasteiger partial charge in [0.05, 0.1) is 15.9 Å². The Hall–Kier alpha value is -0.660. The molecule has 0 atom stereocenters. The smallest absolute Gasteiger partial charge is 0.232 e. The minimum Gasteiger partial charge on any atom is -0.320 e.